The van der Waals surface area contributed by atoms with Crippen LogP contribution in [0.25, 0.3) is 0 Å². The molecular weight excluding hydrogens is 259 g/mol. The Morgan fingerprint density at radius 2 is 2.30 bits per heavy atom. The summed E-state index contributed by atoms with van der Waals surface area (Å²) >= 11 is 0. The fraction of sp³-hybridized carbons (Fsp3) is 0.533. The van der Waals surface area contributed by atoms with Crippen molar-refractivity contribution in [3.05, 3.63) is 30.1 Å². The van der Waals surface area contributed by atoms with Crippen LogP contribution < -0.4 is 10.5 Å². The summed E-state index contributed by atoms with van der Waals surface area (Å²) in [6.07, 6.45) is 2.56. The van der Waals surface area contributed by atoms with Gasteiger partial charge in [-0.15, -0.1) is 0 Å². The van der Waals surface area contributed by atoms with Gasteiger partial charge in [-0.05, 0) is 31.4 Å². The molecular formula is C15H21FN2O2. The molecule has 0 saturated heterocycles. The lowest BCUT2D eigenvalue weighted by molar-refractivity contribution is -0.134. The Labute approximate surface area is 118 Å². The van der Waals surface area contributed by atoms with E-state index < -0.39 is 0 Å². The Hall–Kier alpha value is -1.62. The van der Waals surface area contributed by atoms with Gasteiger partial charge >= 0.3 is 0 Å². The second kappa shape index (κ2) is 6.70. The minimum absolute atomic E-state index is 0.0455. The lowest BCUT2D eigenvalue weighted by Crippen LogP contribution is -2.35. The highest BCUT2D eigenvalue weighted by Gasteiger charge is 2.29. The molecule has 2 unspecified atom stereocenters. The first kappa shape index (κ1) is 14.8. The second-order valence-corrected chi connectivity index (χ2v) is 5.34. The van der Waals surface area contributed by atoms with Crippen molar-refractivity contribution in [1.29, 1.82) is 0 Å². The first-order chi connectivity index (χ1) is 9.56. The number of ether oxygens (including phenoxy) is 1. The van der Waals surface area contributed by atoms with Crippen LogP contribution in [-0.2, 0) is 4.79 Å². The van der Waals surface area contributed by atoms with Gasteiger partial charge in [0.15, 0.2) is 0 Å². The van der Waals surface area contributed by atoms with Crippen LogP contribution in [0.3, 0.4) is 0 Å². The van der Waals surface area contributed by atoms with Gasteiger partial charge in [-0.25, -0.2) is 4.39 Å². The van der Waals surface area contributed by atoms with Crippen molar-refractivity contribution in [2.75, 3.05) is 20.2 Å². The second-order valence-electron chi connectivity index (χ2n) is 5.34. The van der Waals surface area contributed by atoms with Gasteiger partial charge in [0.1, 0.15) is 18.2 Å². The van der Waals surface area contributed by atoms with E-state index in [1.54, 1.807) is 24.1 Å². The summed E-state index contributed by atoms with van der Waals surface area (Å²) in [7, 11) is 1.76. The summed E-state index contributed by atoms with van der Waals surface area (Å²) in [5.41, 5.74) is 5.82. The van der Waals surface area contributed by atoms with Crippen LogP contribution in [0, 0.1) is 11.7 Å². The fourth-order valence-electron chi connectivity index (χ4n) is 2.52. The molecule has 20 heavy (non-hydrogen) atoms. The SMILES string of the molecule is CN(CCOc1cccc(F)c1)C(=O)C1CCC(N)C1. The molecule has 0 aromatic heterocycles. The minimum Gasteiger partial charge on any atom is -0.492 e. The van der Waals surface area contributed by atoms with Crippen molar-refractivity contribution in [2.24, 2.45) is 11.7 Å². The molecule has 0 heterocycles. The van der Waals surface area contributed by atoms with E-state index in [-0.39, 0.29) is 23.7 Å². The molecule has 1 aromatic carbocycles. The predicted molar refractivity (Wildman–Crippen MR) is 74.8 cm³/mol. The lowest BCUT2D eigenvalue weighted by Gasteiger charge is -2.21. The fourth-order valence-corrected chi connectivity index (χ4v) is 2.52. The highest BCUT2D eigenvalue weighted by atomic mass is 19.1. The average molecular weight is 280 g/mol. The monoisotopic (exact) mass is 280 g/mol. The van der Waals surface area contributed by atoms with Gasteiger partial charge in [0.2, 0.25) is 5.91 Å². The third-order valence-electron chi connectivity index (χ3n) is 3.69. The van der Waals surface area contributed by atoms with Crippen molar-refractivity contribution in [2.45, 2.75) is 25.3 Å². The molecule has 1 amide bonds. The van der Waals surface area contributed by atoms with Crippen LogP contribution in [-0.4, -0.2) is 37.0 Å². The molecule has 0 radical (unpaired) electrons. The molecule has 2 atom stereocenters. The summed E-state index contributed by atoms with van der Waals surface area (Å²) in [6, 6.07) is 6.14. The number of halogens is 1. The zero-order valence-corrected chi connectivity index (χ0v) is 11.7. The maximum Gasteiger partial charge on any atom is 0.225 e. The van der Waals surface area contributed by atoms with Gasteiger partial charge in [0, 0.05) is 25.1 Å². The van der Waals surface area contributed by atoms with Crippen LogP contribution >= 0.6 is 0 Å². The summed E-state index contributed by atoms with van der Waals surface area (Å²) < 4.78 is 18.4. The summed E-state index contributed by atoms with van der Waals surface area (Å²) in [6.45, 7) is 0.839. The number of amides is 1. The molecule has 1 fully saturated rings. The van der Waals surface area contributed by atoms with E-state index in [1.807, 2.05) is 0 Å². The Morgan fingerprint density at radius 3 is 2.95 bits per heavy atom. The predicted octanol–water partition coefficient (Wildman–Crippen LogP) is 1.79. The third-order valence-corrected chi connectivity index (χ3v) is 3.69. The first-order valence-corrected chi connectivity index (χ1v) is 6.95. The number of likely N-dealkylation sites (N-methyl/N-ethyl adjacent to an activating group) is 1. The van der Waals surface area contributed by atoms with Gasteiger partial charge in [-0.1, -0.05) is 6.07 Å². The molecule has 0 bridgehead atoms. The Balaban J connectivity index is 1.74. The molecule has 110 valence electrons. The van der Waals surface area contributed by atoms with Crippen molar-refractivity contribution in [1.82, 2.24) is 4.90 Å². The van der Waals surface area contributed by atoms with Crippen molar-refractivity contribution in [3.63, 3.8) is 0 Å². The Morgan fingerprint density at radius 1 is 1.50 bits per heavy atom. The number of nitrogens with two attached hydrogens (primary N) is 1. The van der Waals surface area contributed by atoms with E-state index in [0.717, 1.165) is 19.3 Å². The molecule has 1 aliphatic carbocycles. The molecule has 0 spiro atoms. The van der Waals surface area contributed by atoms with Gasteiger partial charge in [0.25, 0.3) is 0 Å². The van der Waals surface area contributed by atoms with E-state index in [2.05, 4.69) is 0 Å². The number of carbonyl (C=O) groups excluding carboxylic acids is 1. The largest absolute Gasteiger partial charge is 0.492 e. The standard InChI is InChI=1S/C15H21FN2O2/c1-18(15(19)11-5-6-13(17)9-11)7-8-20-14-4-2-3-12(16)10-14/h2-4,10-11,13H,5-9,17H2,1H3. The summed E-state index contributed by atoms with van der Waals surface area (Å²) in [4.78, 5) is 13.8. The number of hydrogen-bond acceptors (Lipinski definition) is 3. The zero-order chi connectivity index (χ0) is 14.5. The van der Waals surface area contributed by atoms with Crippen LogP contribution in [0.2, 0.25) is 0 Å². The number of carbonyl (C=O) groups is 1. The molecule has 1 aliphatic rings. The zero-order valence-electron chi connectivity index (χ0n) is 11.7. The molecule has 1 saturated carbocycles. The van der Waals surface area contributed by atoms with Gasteiger partial charge < -0.3 is 15.4 Å². The normalized spacial score (nSPS) is 21.8. The topological polar surface area (TPSA) is 55.6 Å². The molecule has 0 aliphatic heterocycles. The van der Waals surface area contributed by atoms with E-state index >= 15 is 0 Å². The van der Waals surface area contributed by atoms with Crippen LogP contribution in [0.4, 0.5) is 4.39 Å². The van der Waals surface area contributed by atoms with Crippen molar-refractivity contribution >= 4 is 5.91 Å². The maximum atomic E-state index is 13.0. The Kier molecular flexibility index (Phi) is 4.95. The van der Waals surface area contributed by atoms with Gasteiger partial charge in [-0.2, -0.15) is 0 Å². The van der Waals surface area contributed by atoms with E-state index in [0.29, 0.717) is 18.9 Å². The highest BCUT2D eigenvalue weighted by Crippen LogP contribution is 2.25. The van der Waals surface area contributed by atoms with E-state index in [1.165, 1.54) is 12.1 Å². The smallest absolute Gasteiger partial charge is 0.225 e. The van der Waals surface area contributed by atoms with Crippen LogP contribution in [0.5, 0.6) is 5.75 Å². The van der Waals surface area contributed by atoms with E-state index in [9.17, 15) is 9.18 Å². The molecule has 5 heteroatoms. The highest BCUT2D eigenvalue weighted by molar-refractivity contribution is 5.78. The quantitative estimate of drug-likeness (QED) is 0.894. The summed E-state index contributed by atoms with van der Waals surface area (Å²) in [5, 5.41) is 0. The molecule has 1 aromatic rings. The van der Waals surface area contributed by atoms with Crippen LogP contribution in [0.15, 0.2) is 24.3 Å². The molecule has 4 nitrogen and oxygen atoms in total. The minimum atomic E-state index is -0.327. The number of hydrogen-bond donors (Lipinski definition) is 1. The lowest BCUT2D eigenvalue weighted by atomic mass is 10.1. The molecule has 2 N–H and O–H groups in total. The number of nitrogens with zero attached hydrogens (tertiary/aromatic N) is 1. The average Bonchev–Trinajstić information content (AvgIpc) is 2.84. The van der Waals surface area contributed by atoms with E-state index in [4.69, 9.17) is 10.5 Å². The van der Waals surface area contributed by atoms with Gasteiger partial charge in [0.05, 0.1) is 6.54 Å². The first-order valence-electron chi connectivity index (χ1n) is 6.95. The van der Waals surface area contributed by atoms with Crippen molar-refractivity contribution in [3.8, 4) is 5.75 Å². The third kappa shape index (κ3) is 3.93. The summed E-state index contributed by atoms with van der Waals surface area (Å²) in [5.74, 6) is 0.325. The molecule has 2 rings (SSSR count). The number of rotatable bonds is 5. The van der Waals surface area contributed by atoms with Crippen LogP contribution in [0.1, 0.15) is 19.3 Å². The Bertz CT molecular complexity index is 467. The maximum absolute atomic E-state index is 13.0. The van der Waals surface area contributed by atoms with Crippen molar-refractivity contribution < 1.29 is 13.9 Å². The number of benzene rings is 1. The van der Waals surface area contributed by atoms with Gasteiger partial charge in [-0.3, -0.25) is 4.79 Å².